The van der Waals surface area contributed by atoms with Crippen LogP contribution >= 0.6 is 0 Å². The summed E-state index contributed by atoms with van der Waals surface area (Å²) in [5, 5.41) is 19.2. The molecule has 0 spiro atoms. The van der Waals surface area contributed by atoms with Crippen LogP contribution in [0, 0.1) is 0 Å². The molecule has 9 heteroatoms. The summed E-state index contributed by atoms with van der Waals surface area (Å²) in [5.74, 6) is 1.22. The predicted molar refractivity (Wildman–Crippen MR) is 138 cm³/mol. The van der Waals surface area contributed by atoms with Gasteiger partial charge in [0, 0.05) is 39.2 Å². The molecule has 2 aromatic carbocycles. The van der Waals surface area contributed by atoms with Crippen LogP contribution in [-0.2, 0) is 28.2 Å². The van der Waals surface area contributed by atoms with E-state index in [1.165, 1.54) is 0 Å². The van der Waals surface area contributed by atoms with Crippen LogP contribution < -0.4 is 0 Å². The van der Waals surface area contributed by atoms with Crippen LogP contribution in [0.3, 0.4) is 0 Å². The van der Waals surface area contributed by atoms with E-state index in [0.717, 1.165) is 60.3 Å². The Hall–Kier alpha value is -3.43. The van der Waals surface area contributed by atoms with Crippen LogP contribution in [0.5, 0.6) is 0 Å². The molecule has 190 valence electrons. The first-order chi connectivity index (χ1) is 17.6. The molecule has 0 aliphatic carbocycles. The molecular weight excluding hydrogens is 454 g/mol. The molecule has 0 aliphatic rings. The topological polar surface area (TPSA) is 104 Å². The van der Waals surface area contributed by atoms with Crippen molar-refractivity contribution in [3.8, 4) is 22.5 Å². The van der Waals surface area contributed by atoms with Crippen LogP contribution in [0.2, 0.25) is 0 Å². The molecule has 0 atom stereocenters. The molecule has 0 saturated carbocycles. The molecule has 1 N–H and O–H groups in total. The highest BCUT2D eigenvalue weighted by atomic mass is 16.7. The van der Waals surface area contributed by atoms with E-state index in [4.69, 9.17) is 19.6 Å². The Labute approximate surface area is 212 Å². The van der Waals surface area contributed by atoms with Gasteiger partial charge in [-0.15, -0.1) is 5.10 Å². The van der Waals surface area contributed by atoms with E-state index in [9.17, 15) is 0 Å². The van der Waals surface area contributed by atoms with Crippen LogP contribution in [0.15, 0.2) is 48.5 Å². The maximum Gasteiger partial charge on any atom is 0.231 e. The summed E-state index contributed by atoms with van der Waals surface area (Å²) in [5.41, 5.74) is 4.28. The standard InChI is InChI=1S/C27H35N7O2/c1-5-7-10-18-34-24(28-26(31-34)27(35-3,36-4)17-6-2)19-20-13-15-21(16-14-20)22-11-8-9-12-23(22)25-29-32-33-30-25/h8-9,11-16H,5-7,10,17-19H2,1-4H3,(H,29,30,32,33). The number of aryl methyl sites for hydroxylation is 1. The summed E-state index contributed by atoms with van der Waals surface area (Å²) in [7, 11) is 3.31. The number of nitrogens with zero attached hydrogens (tertiary/aromatic N) is 6. The van der Waals surface area contributed by atoms with Gasteiger partial charge in [-0.2, -0.15) is 5.10 Å². The molecule has 0 amide bonds. The van der Waals surface area contributed by atoms with E-state index in [1.54, 1.807) is 14.2 Å². The molecule has 0 fully saturated rings. The number of aromatic nitrogens is 7. The minimum atomic E-state index is -0.928. The van der Waals surface area contributed by atoms with Gasteiger partial charge in [-0.25, -0.2) is 14.8 Å². The lowest BCUT2D eigenvalue weighted by atomic mass is 9.98. The molecule has 36 heavy (non-hydrogen) atoms. The first kappa shape index (κ1) is 25.7. The molecule has 0 radical (unpaired) electrons. The number of rotatable bonds is 13. The molecule has 9 nitrogen and oxygen atoms in total. The Balaban J connectivity index is 1.61. The monoisotopic (exact) mass is 489 g/mol. The molecule has 4 aromatic rings. The van der Waals surface area contributed by atoms with E-state index in [1.807, 2.05) is 22.9 Å². The SMILES string of the molecule is CCCCCn1nc(C(CCC)(OC)OC)nc1Cc1ccc(-c2ccccc2-c2nnn[nH]2)cc1. The largest absolute Gasteiger partial charge is 0.347 e. The first-order valence-corrected chi connectivity index (χ1v) is 12.6. The normalized spacial score (nSPS) is 11.8. The third-order valence-electron chi connectivity index (χ3n) is 6.46. The summed E-state index contributed by atoms with van der Waals surface area (Å²) < 4.78 is 13.6. The lowest BCUT2D eigenvalue weighted by Crippen LogP contribution is -2.32. The maximum absolute atomic E-state index is 5.79. The minimum Gasteiger partial charge on any atom is -0.347 e. The van der Waals surface area contributed by atoms with Crippen LogP contribution in [0.4, 0.5) is 0 Å². The lowest BCUT2D eigenvalue weighted by molar-refractivity contribution is -0.225. The number of aromatic amines is 1. The van der Waals surface area contributed by atoms with Gasteiger partial charge in [0.1, 0.15) is 5.82 Å². The Morgan fingerprint density at radius 1 is 0.917 bits per heavy atom. The van der Waals surface area contributed by atoms with Gasteiger partial charge in [0.2, 0.25) is 11.6 Å². The van der Waals surface area contributed by atoms with Crippen molar-refractivity contribution in [2.45, 2.75) is 64.7 Å². The van der Waals surface area contributed by atoms with Gasteiger partial charge < -0.3 is 9.47 Å². The van der Waals surface area contributed by atoms with Gasteiger partial charge >= 0.3 is 0 Å². The predicted octanol–water partition coefficient (Wildman–Crippen LogP) is 5.15. The molecule has 2 heterocycles. The quantitative estimate of drug-likeness (QED) is 0.204. The van der Waals surface area contributed by atoms with Gasteiger partial charge in [-0.1, -0.05) is 81.6 Å². The van der Waals surface area contributed by atoms with Gasteiger partial charge in [0.25, 0.3) is 0 Å². The molecular formula is C27H35N7O2. The fourth-order valence-electron chi connectivity index (χ4n) is 4.47. The third-order valence-corrected chi connectivity index (χ3v) is 6.46. The second-order valence-corrected chi connectivity index (χ2v) is 8.86. The highest BCUT2D eigenvalue weighted by molar-refractivity contribution is 5.80. The lowest BCUT2D eigenvalue weighted by Gasteiger charge is -2.27. The number of benzene rings is 2. The second kappa shape index (κ2) is 12.0. The molecule has 0 bridgehead atoms. The van der Waals surface area contributed by atoms with E-state index < -0.39 is 5.79 Å². The number of hydrogen-bond acceptors (Lipinski definition) is 7. The summed E-state index contributed by atoms with van der Waals surface area (Å²) in [6, 6.07) is 16.6. The number of ether oxygens (including phenoxy) is 2. The maximum atomic E-state index is 5.79. The van der Waals surface area contributed by atoms with Crippen molar-refractivity contribution in [1.29, 1.82) is 0 Å². The van der Waals surface area contributed by atoms with Crippen molar-refractivity contribution in [3.05, 3.63) is 65.7 Å². The number of unbranched alkanes of at least 4 members (excludes halogenated alkanes) is 2. The highest BCUT2D eigenvalue weighted by Gasteiger charge is 2.36. The molecule has 4 rings (SSSR count). The zero-order valence-corrected chi connectivity index (χ0v) is 21.6. The number of hydrogen-bond donors (Lipinski definition) is 1. The average Bonchev–Trinajstić information content (AvgIpc) is 3.59. The summed E-state index contributed by atoms with van der Waals surface area (Å²) in [4.78, 5) is 4.92. The molecule has 0 aliphatic heterocycles. The summed E-state index contributed by atoms with van der Waals surface area (Å²) >= 11 is 0. The fourth-order valence-corrected chi connectivity index (χ4v) is 4.47. The van der Waals surface area contributed by atoms with Crippen LogP contribution in [-0.4, -0.2) is 49.6 Å². The van der Waals surface area contributed by atoms with Gasteiger partial charge in [-0.05, 0) is 33.5 Å². The molecule has 0 unspecified atom stereocenters. The number of nitrogens with one attached hydrogen (secondary N) is 1. The highest BCUT2D eigenvalue weighted by Crippen LogP contribution is 2.31. The number of H-pyrrole nitrogens is 1. The molecule has 2 aromatic heterocycles. The summed E-state index contributed by atoms with van der Waals surface area (Å²) in [6.45, 7) is 5.13. The Morgan fingerprint density at radius 3 is 2.31 bits per heavy atom. The smallest absolute Gasteiger partial charge is 0.231 e. The first-order valence-electron chi connectivity index (χ1n) is 12.6. The van der Waals surface area contributed by atoms with Crippen molar-refractivity contribution in [2.75, 3.05) is 14.2 Å². The Morgan fingerprint density at radius 2 is 1.67 bits per heavy atom. The molecule has 0 saturated heterocycles. The van der Waals surface area contributed by atoms with Gasteiger partial charge in [0.05, 0.1) is 0 Å². The van der Waals surface area contributed by atoms with E-state index >= 15 is 0 Å². The van der Waals surface area contributed by atoms with E-state index in [0.29, 0.717) is 24.5 Å². The van der Waals surface area contributed by atoms with E-state index in [-0.39, 0.29) is 0 Å². The zero-order chi connectivity index (χ0) is 25.4. The second-order valence-electron chi connectivity index (χ2n) is 8.86. The number of methoxy groups -OCH3 is 2. The summed E-state index contributed by atoms with van der Waals surface area (Å²) in [6.07, 6.45) is 5.61. The number of tetrazole rings is 1. The van der Waals surface area contributed by atoms with Crippen LogP contribution in [0.1, 0.15) is 63.2 Å². The Bertz CT molecular complexity index is 1220. The minimum absolute atomic E-state index is 0.590. The van der Waals surface area contributed by atoms with Gasteiger partial charge in [-0.3, -0.25) is 0 Å². The fraction of sp³-hybridized carbons (Fsp3) is 0.444. The van der Waals surface area contributed by atoms with Crippen molar-refractivity contribution in [3.63, 3.8) is 0 Å². The Kier molecular flexibility index (Phi) is 8.56. The van der Waals surface area contributed by atoms with Gasteiger partial charge in [0.15, 0.2) is 5.82 Å². The third kappa shape index (κ3) is 5.52. The van der Waals surface area contributed by atoms with Crippen molar-refractivity contribution < 1.29 is 9.47 Å². The van der Waals surface area contributed by atoms with Crippen molar-refractivity contribution >= 4 is 0 Å². The van der Waals surface area contributed by atoms with Crippen molar-refractivity contribution in [2.24, 2.45) is 0 Å². The average molecular weight is 490 g/mol. The van der Waals surface area contributed by atoms with Crippen LogP contribution in [0.25, 0.3) is 22.5 Å². The van der Waals surface area contributed by atoms with Crippen molar-refractivity contribution in [1.82, 2.24) is 35.4 Å². The van der Waals surface area contributed by atoms with E-state index in [2.05, 4.69) is 64.8 Å². The zero-order valence-electron chi connectivity index (χ0n) is 21.6.